The third kappa shape index (κ3) is 2.00. The van der Waals surface area contributed by atoms with Crippen molar-refractivity contribution in [3.8, 4) is 0 Å². The molecule has 0 fully saturated rings. The molecule has 0 aliphatic rings. The van der Waals surface area contributed by atoms with Gasteiger partial charge in [-0.1, -0.05) is 66.7 Å². The number of hydrazine groups is 1. The maximum absolute atomic E-state index is 6.44. The van der Waals surface area contributed by atoms with E-state index in [9.17, 15) is 0 Å². The van der Waals surface area contributed by atoms with Crippen LogP contribution in [0.5, 0.6) is 0 Å². The van der Waals surface area contributed by atoms with Crippen LogP contribution in [0, 0.1) is 0 Å². The SMILES string of the molecule is NNCc1cc2c3ccccc3c3ccccc3c2c2oc3ccccc3c12. The molecule has 5 aromatic carbocycles. The Hall–Kier alpha value is -3.40. The second-order valence-corrected chi connectivity index (χ2v) is 7.23. The van der Waals surface area contributed by atoms with E-state index < -0.39 is 0 Å². The summed E-state index contributed by atoms with van der Waals surface area (Å²) in [5, 5.41) is 9.59. The molecule has 1 heterocycles. The number of hydrogen-bond acceptors (Lipinski definition) is 3. The molecule has 1 aromatic heterocycles. The number of para-hydroxylation sites is 1. The summed E-state index contributed by atoms with van der Waals surface area (Å²) in [5.74, 6) is 5.73. The van der Waals surface area contributed by atoms with Crippen molar-refractivity contribution in [3.63, 3.8) is 0 Å². The molecule has 0 spiro atoms. The van der Waals surface area contributed by atoms with E-state index in [0.717, 1.165) is 27.5 Å². The molecule has 3 N–H and O–H groups in total. The normalized spacial score (nSPS) is 12.0. The number of fused-ring (bicyclic) bond motifs is 10. The summed E-state index contributed by atoms with van der Waals surface area (Å²) in [5.41, 5.74) is 5.83. The predicted octanol–water partition coefficient (Wildman–Crippen LogP) is 6.01. The highest BCUT2D eigenvalue weighted by molar-refractivity contribution is 6.32. The third-order valence-electron chi connectivity index (χ3n) is 5.73. The van der Waals surface area contributed by atoms with Crippen molar-refractivity contribution >= 4 is 54.3 Å². The first-order chi connectivity index (χ1) is 13.9. The number of nitrogens with one attached hydrogen (secondary N) is 1. The molecule has 28 heavy (non-hydrogen) atoms. The van der Waals surface area contributed by atoms with Crippen molar-refractivity contribution in [3.05, 3.63) is 84.4 Å². The van der Waals surface area contributed by atoms with Gasteiger partial charge in [-0.05, 0) is 44.6 Å². The Morgan fingerprint density at radius 1 is 0.643 bits per heavy atom. The summed E-state index contributed by atoms with van der Waals surface area (Å²) >= 11 is 0. The van der Waals surface area contributed by atoms with Crippen LogP contribution in [0.1, 0.15) is 5.56 Å². The number of nitrogens with two attached hydrogens (primary N) is 1. The Bertz CT molecular complexity index is 1530. The summed E-state index contributed by atoms with van der Waals surface area (Å²) in [4.78, 5) is 0. The summed E-state index contributed by atoms with van der Waals surface area (Å²) in [6.45, 7) is 0.580. The Kier molecular flexibility index (Phi) is 3.24. The molecule has 0 bridgehead atoms. The molecule has 0 aliphatic carbocycles. The minimum atomic E-state index is 0.580. The number of benzene rings is 5. The van der Waals surface area contributed by atoms with Crippen LogP contribution in [0.2, 0.25) is 0 Å². The van der Waals surface area contributed by atoms with E-state index in [2.05, 4.69) is 72.2 Å². The van der Waals surface area contributed by atoms with Crippen LogP contribution in [0.4, 0.5) is 0 Å². The molecule has 3 nitrogen and oxygen atoms in total. The van der Waals surface area contributed by atoms with Crippen LogP contribution in [0.15, 0.2) is 83.3 Å². The highest BCUT2D eigenvalue weighted by atomic mass is 16.3. The van der Waals surface area contributed by atoms with E-state index in [-0.39, 0.29) is 0 Å². The molecule has 6 rings (SSSR count). The van der Waals surface area contributed by atoms with E-state index in [0.29, 0.717) is 6.54 Å². The van der Waals surface area contributed by atoms with Gasteiger partial charge in [0.2, 0.25) is 0 Å². The maximum Gasteiger partial charge on any atom is 0.144 e. The lowest BCUT2D eigenvalue weighted by Gasteiger charge is -2.13. The van der Waals surface area contributed by atoms with Gasteiger partial charge in [-0.2, -0.15) is 0 Å². The first-order valence-electron chi connectivity index (χ1n) is 9.46. The average molecular weight is 362 g/mol. The molecular weight excluding hydrogens is 344 g/mol. The molecule has 0 unspecified atom stereocenters. The fourth-order valence-electron chi connectivity index (χ4n) is 4.60. The van der Waals surface area contributed by atoms with Crippen molar-refractivity contribution in [2.24, 2.45) is 5.84 Å². The summed E-state index contributed by atoms with van der Waals surface area (Å²) < 4.78 is 6.44. The van der Waals surface area contributed by atoms with Crippen LogP contribution < -0.4 is 11.3 Å². The standard InChI is InChI=1S/C25H18N2O/c26-27-14-15-13-21-18-9-2-1-7-16(18)17-8-3-4-10-19(17)24(21)25-23(15)20-11-5-6-12-22(20)28-25/h1-13,27H,14,26H2. The van der Waals surface area contributed by atoms with Crippen molar-refractivity contribution in [1.29, 1.82) is 0 Å². The van der Waals surface area contributed by atoms with Crippen molar-refractivity contribution < 1.29 is 4.42 Å². The Labute approximate surface area is 161 Å². The highest BCUT2D eigenvalue weighted by Crippen LogP contribution is 2.43. The quantitative estimate of drug-likeness (QED) is 0.225. The fraction of sp³-hybridized carbons (Fsp3) is 0.0400. The van der Waals surface area contributed by atoms with E-state index in [1.165, 1.54) is 32.3 Å². The number of rotatable bonds is 2. The van der Waals surface area contributed by atoms with Gasteiger partial charge in [0.25, 0.3) is 0 Å². The van der Waals surface area contributed by atoms with E-state index in [4.69, 9.17) is 10.3 Å². The first-order valence-corrected chi connectivity index (χ1v) is 9.46. The Balaban J connectivity index is 1.99. The van der Waals surface area contributed by atoms with Gasteiger partial charge < -0.3 is 4.42 Å². The fourth-order valence-corrected chi connectivity index (χ4v) is 4.60. The number of furan rings is 1. The van der Waals surface area contributed by atoms with Gasteiger partial charge in [0.1, 0.15) is 11.2 Å². The minimum absolute atomic E-state index is 0.580. The molecule has 0 amide bonds. The molecule has 0 atom stereocenters. The van der Waals surface area contributed by atoms with Crippen molar-refractivity contribution in [2.45, 2.75) is 6.54 Å². The molecular formula is C25H18N2O. The first kappa shape index (κ1) is 15.6. The van der Waals surface area contributed by atoms with E-state index >= 15 is 0 Å². The second-order valence-electron chi connectivity index (χ2n) is 7.23. The zero-order valence-corrected chi connectivity index (χ0v) is 15.2. The molecule has 0 saturated heterocycles. The topological polar surface area (TPSA) is 51.2 Å². The number of hydrogen-bond donors (Lipinski definition) is 2. The Morgan fingerprint density at radius 2 is 1.21 bits per heavy atom. The van der Waals surface area contributed by atoms with Crippen LogP contribution in [-0.4, -0.2) is 0 Å². The lowest BCUT2D eigenvalue weighted by Crippen LogP contribution is -2.20. The highest BCUT2D eigenvalue weighted by Gasteiger charge is 2.18. The van der Waals surface area contributed by atoms with Gasteiger partial charge in [-0.25, -0.2) is 0 Å². The summed E-state index contributed by atoms with van der Waals surface area (Å²) in [6, 6.07) is 27.7. The zero-order chi connectivity index (χ0) is 18.7. The lowest BCUT2D eigenvalue weighted by molar-refractivity contribution is 0.672. The van der Waals surface area contributed by atoms with E-state index in [1.807, 2.05) is 12.1 Å². The minimum Gasteiger partial charge on any atom is -0.455 e. The van der Waals surface area contributed by atoms with Gasteiger partial charge in [-0.3, -0.25) is 11.3 Å². The van der Waals surface area contributed by atoms with Gasteiger partial charge in [0.05, 0.1) is 0 Å². The predicted molar refractivity (Wildman–Crippen MR) is 117 cm³/mol. The lowest BCUT2D eigenvalue weighted by atomic mass is 9.91. The van der Waals surface area contributed by atoms with Gasteiger partial charge in [-0.15, -0.1) is 0 Å². The van der Waals surface area contributed by atoms with Crippen LogP contribution in [0.3, 0.4) is 0 Å². The van der Waals surface area contributed by atoms with Gasteiger partial charge >= 0.3 is 0 Å². The van der Waals surface area contributed by atoms with Gasteiger partial charge in [0, 0.05) is 22.7 Å². The average Bonchev–Trinajstić information content (AvgIpc) is 3.14. The van der Waals surface area contributed by atoms with Crippen LogP contribution in [-0.2, 0) is 6.54 Å². The van der Waals surface area contributed by atoms with Crippen LogP contribution in [0.25, 0.3) is 54.3 Å². The molecule has 3 heteroatoms. The molecule has 134 valence electrons. The zero-order valence-electron chi connectivity index (χ0n) is 15.2. The maximum atomic E-state index is 6.44. The second kappa shape index (κ2) is 5.80. The van der Waals surface area contributed by atoms with Crippen molar-refractivity contribution in [2.75, 3.05) is 0 Å². The van der Waals surface area contributed by atoms with Crippen LogP contribution >= 0.6 is 0 Å². The largest absolute Gasteiger partial charge is 0.455 e. The van der Waals surface area contributed by atoms with Crippen molar-refractivity contribution in [1.82, 2.24) is 5.43 Å². The smallest absolute Gasteiger partial charge is 0.144 e. The third-order valence-corrected chi connectivity index (χ3v) is 5.73. The monoisotopic (exact) mass is 362 g/mol. The molecule has 0 radical (unpaired) electrons. The molecule has 0 aliphatic heterocycles. The summed E-state index contributed by atoms with van der Waals surface area (Å²) in [6.07, 6.45) is 0. The molecule has 0 saturated carbocycles. The Morgan fingerprint density at radius 3 is 1.93 bits per heavy atom. The van der Waals surface area contributed by atoms with Gasteiger partial charge in [0.15, 0.2) is 0 Å². The molecule has 6 aromatic rings. The summed E-state index contributed by atoms with van der Waals surface area (Å²) in [7, 11) is 0. The van der Waals surface area contributed by atoms with E-state index in [1.54, 1.807) is 0 Å².